The van der Waals surface area contributed by atoms with E-state index in [1.54, 1.807) is 21.3 Å². The molecule has 1 aliphatic rings. The average molecular weight is 481 g/mol. The molecule has 1 saturated heterocycles. The average Bonchev–Trinajstić information content (AvgIpc) is 3.39. The lowest BCUT2D eigenvalue weighted by Crippen LogP contribution is -2.49. The fourth-order valence-corrected chi connectivity index (χ4v) is 4.62. The van der Waals surface area contributed by atoms with E-state index in [2.05, 4.69) is 64.3 Å². The maximum absolute atomic E-state index is 5.85. The first-order chi connectivity index (χ1) is 16.9. The number of hydrogen-bond donors (Lipinski definition) is 0. The molecule has 0 aliphatic carbocycles. The highest BCUT2D eigenvalue weighted by Crippen LogP contribution is 2.41. The zero-order chi connectivity index (χ0) is 25.0. The summed E-state index contributed by atoms with van der Waals surface area (Å²) in [4.78, 5) is 4.82. The second-order valence-corrected chi connectivity index (χ2v) is 9.32. The Bertz CT molecular complexity index is 1120. The Morgan fingerprint density at radius 2 is 1.69 bits per heavy atom. The molecule has 0 saturated carbocycles. The Morgan fingerprint density at radius 1 is 0.943 bits per heavy atom. The van der Waals surface area contributed by atoms with Gasteiger partial charge in [0.15, 0.2) is 17.3 Å². The number of para-hydroxylation sites is 1. The molecule has 4 rings (SSSR count). The van der Waals surface area contributed by atoms with Crippen molar-refractivity contribution in [3.8, 4) is 17.2 Å². The van der Waals surface area contributed by atoms with Gasteiger partial charge in [-0.15, -0.1) is 5.10 Å². The fourth-order valence-electron chi connectivity index (χ4n) is 4.62. The van der Waals surface area contributed by atoms with Gasteiger partial charge in [-0.2, -0.15) is 0 Å². The smallest absolute Gasteiger partial charge is 0.173 e. The quantitative estimate of drug-likeness (QED) is 0.458. The largest absolute Gasteiger partial charge is 0.497 e. The molecule has 9 nitrogen and oxygen atoms in total. The van der Waals surface area contributed by atoms with Gasteiger partial charge < -0.3 is 19.1 Å². The van der Waals surface area contributed by atoms with Gasteiger partial charge in [-0.05, 0) is 48.9 Å². The summed E-state index contributed by atoms with van der Waals surface area (Å²) in [5, 5.41) is 13.1. The Balaban J connectivity index is 1.71. The Kier molecular flexibility index (Phi) is 7.45. The lowest BCUT2D eigenvalue weighted by Gasteiger charge is -2.41. The summed E-state index contributed by atoms with van der Waals surface area (Å²) in [5.74, 6) is 3.07. The summed E-state index contributed by atoms with van der Waals surface area (Å²) >= 11 is 0. The molecule has 1 aliphatic heterocycles. The van der Waals surface area contributed by atoms with Gasteiger partial charge in [-0.1, -0.05) is 25.1 Å². The van der Waals surface area contributed by atoms with Crippen LogP contribution in [0.15, 0.2) is 42.5 Å². The van der Waals surface area contributed by atoms with Crippen LogP contribution in [-0.2, 0) is 5.54 Å². The fraction of sp³-hybridized carbons (Fsp3) is 0.500. The molecule has 1 fully saturated rings. The molecule has 0 spiro atoms. The van der Waals surface area contributed by atoms with Crippen LogP contribution in [0.2, 0.25) is 0 Å². The van der Waals surface area contributed by atoms with Crippen molar-refractivity contribution in [2.75, 3.05) is 52.4 Å². The molecule has 2 heterocycles. The Morgan fingerprint density at radius 3 is 2.34 bits per heavy atom. The number of methoxy groups -OCH3 is 3. The maximum Gasteiger partial charge on any atom is 0.173 e. The van der Waals surface area contributed by atoms with Gasteiger partial charge in [0, 0.05) is 43.5 Å². The highest BCUT2D eigenvalue weighted by atomic mass is 16.5. The molecule has 9 heteroatoms. The van der Waals surface area contributed by atoms with Crippen molar-refractivity contribution < 1.29 is 14.2 Å². The van der Waals surface area contributed by atoms with Crippen LogP contribution in [-0.4, -0.2) is 72.6 Å². The number of nitrogens with zero attached hydrogens (tertiary/aromatic N) is 6. The van der Waals surface area contributed by atoms with Crippen molar-refractivity contribution in [3.05, 3.63) is 53.9 Å². The minimum absolute atomic E-state index is 0.187. The number of piperazine rings is 1. The van der Waals surface area contributed by atoms with Crippen molar-refractivity contribution in [2.24, 2.45) is 0 Å². The van der Waals surface area contributed by atoms with E-state index in [1.807, 2.05) is 28.9 Å². The van der Waals surface area contributed by atoms with Crippen LogP contribution in [0, 0.1) is 0 Å². The van der Waals surface area contributed by atoms with E-state index >= 15 is 0 Å². The number of rotatable bonds is 9. The van der Waals surface area contributed by atoms with Crippen LogP contribution in [0.1, 0.15) is 44.6 Å². The predicted octanol–water partition coefficient (Wildman–Crippen LogP) is 3.76. The maximum atomic E-state index is 5.85. The molecule has 3 aromatic rings. The van der Waals surface area contributed by atoms with Crippen LogP contribution in [0.5, 0.6) is 17.2 Å². The van der Waals surface area contributed by atoms with Gasteiger partial charge in [-0.25, -0.2) is 4.68 Å². The van der Waals surface area contributed by atoms with Gasteiger partial charge in [0.05, 0.1) is 26.9 Å². The number of aromatic nitrogens is 4. The number of benzene rings is 2. The molecular formula is C26H36N6O3. The number of hydrogen-bond acceptors (Lipinski definition) is 8. The summed E-state index contributed by atoms with van der Waals surface area (Å²) < 4.78 is 18.9. The first kappa shape index (κ1) is 24.8. The molecule has 1 atom stereocenters. The molecule has 1 unspecified atom stereocenters. The lowest BCUT2D eigenvalue weighted by atomic mass is 9.98. The normalized spacial score (nSPS) is 15.7. The summed E-state index contributed by atoms with van der Waals surface area (Å²) in [6, 6.07) is 14.0. The summed E-state index contributed by atoms with van der Waals surface area (Å²) in [5.41, 5.74) is 1.92. The predicted molar refractivity (Wildman–Crippen MR) is 136 cm³/mol. The van der Waals surface area contributed by atoms with Crippen LogP contribution in [0.25, 0.3) is 0 Å². The molecule has 0 radical (unpaired) electrons. The summed E-state index contributed by atoms with van der Waals surface area (Å²) in [6.45, 7) is 9.88. The van der Waals surface area contributed by atoms with Crippen LogP contribution < -0.4 is 19.1 Å². The Labute approximate surface area is 207 Å². The standard InChI is InChI=1S/C26H36N6O3/c1-7-26(2,3)32-25(27-28-29-32)23(21-12-9-13-22(34-5)24(21)35-6)31-16-14-30(15-17-31)19-10-8-11-20(18-19)33-4/h8-13,18,23H,7,14-17H2,1-6H3. The van der Waals surface area contributed by atoms with Crippen molar-refractivity contribution in [3.63, 3.8) is 0 Å². The second-order valence-electron chi connectivity index (χ2n) is 9.32. The summed E-state index contributed by atoms with van der Waals surface area (Å²) in [7, 11) is 5.04. The SMILES string of the molecule is CCC(C)(C)n1nnnc1C(c1cccc(OC)c1OC)N1CCN(c2cccc(OC)c2)CC1. The zero-order valence-corrected chi connectivity index (χ0v) is 21.6. The van der Waals surface area contributed by atoms with E-state index in [9.17, 15) is 0 Å². The third kappa shape index (κ3) is 4.91. The van der Waals surface area contributed by atoms with Gasteiger partial charge in [0.2, 0.25) is 0 Å². The third-order valence-corrected chi connectivity index (χ3v) is 7.00. The van der Waals surface area contributed by atoms with Crippen LogP contribution in [0.4, 0.5) is 5.69 Å². The minimum Gasteiger partial charge on any atom is -0.497 e. The van der Waals surface area contributed by atoms with Crippen molar-refractivity contribution in [1.82, 2.24) is 25.1 Å². The summed E-state index contributed by atoms with van der Waals surface area (Å²) in [6.07, 6.45) is 0.899. The van der Waals surface area contributed by atoms with Crippen molar-refractivity contribution in [2.45, 2.75) is 38.8 Å². The molecule has 0 N–H and O–H groups in total. The lowest BCUT2D eigenvalue weighted by molar-refractivity contribution is 0.183. The van der Waals surface area contributed by atoms with Gasteiger partial charge in [-0.3, -0.25) is 4.90 Å². The van der Waals surface area contributed by atoms with Crippen LogP contribution in [0.3, 0.4) is 0 Å². The van der Waals surface area contributed by atoms with E-state index in [0.717, 1.165) is 55.4 Å². The topological polar surface area (TPSA) is 77.8 Å². The Hall–Kier alpha value is -3.33. The number of anilines is 1. The zero-order valence-electron chi connectivity index (χ0n) is 21.6. The van der Waals surface area contributed by atoms with Crippen molar-refractivity contribution >= 4 is 5.69 Å². The first-order valence-corrected chi connectivity index (χ1v) is 12.1. The van der Waals surface area contributed by atoms with E-state index < -0.39 is 0 Å². The van der Waals surface area contributed by atoms with Crippen LogP contribution >= 0.6 is 0 Å². The van der Waals surface area contributed by atoms with E-state index in [-0.39, 0.29) is 11.6 Å². The molecule has 35 heavy (non-hydrogen) atoms. The third-order valence-electron chi connectivity index (χ3n) is 7.00. The first-order valence-electron chi connectivity index (χ1n) is 12.1. The highest BCUT2D eigenvalue weighted by Gasteiger charge is 2.36. The van der Waals surface area contributed by atoms with E-state index in [0.29, 0.717) is 11.5 Å². The molecule has 0 amide bonds. The second kappa shape index (κ2) is 10.5. The molecular weight excluding hydrogens is 444 g/mol. The van der Waals surface area contributed by atoms with Gasteiger partial charge >= 0.3 is 0 Å². The molecule has 188 valence electrons. The molecule has 1 aromatic heterocycles. The number of ether oxygens (including phenoxy) is 3. The number of tetrazole rings is 1. The molecule has 0 bridgehead atoms. The minimum atomic E-state index is -0.231. The molecule has 2 aromatic carbocycles. The van der Waals surface area contributed by atoms with Gasteiger partial charge in [0.1, 0.15) is 11.8 Å². The van der Waals surface area contributed by atoms with Gasteiger partial charge in [0.25, 0.3) is 0 Å². The highest BCUT2D eigenvalue weighted by molar-refractivity contribution is 5.52. The monoisotopic (exact) mass is 480 g/mol. The van der Waals surface area contributed by atoms with E-state index in [4.69, 9.17) is 14.2 Å². The van der Waals surface area contributed by atoms with E-state index in [1.165, 1.54) is 0 Å². The van der Waals surface area contributed by atoms with Crippen molar-refractivity contribution in [1.29, 1.82) is 0 Å².